The molecule has 1 N–H and O–H groups in total. The molecule has 1 aliphatic heterocycles. The number of hydrogen-bond acceptors (Lipinski definition) is 5. The van der Waals surface area contributed by atoms with E-state index in [0.29, 0.717) is 49.7 Å². The zero-order valence-corrected chi connectivity index (χ0v) is 19.4. The van der Waals surface area contributed by atoms with Gasteiger partial charge < -0.3 is 19.9 Å². The Kier molecular flexibility index (Phi) is 7.32. The van der Waals surface area contributed by atoms with Crippen LogP contribution < -0.4 is 5.32 Å². The SMILES string of the molecule is CCOC(=O)N1CCN(C(=O)C(C)n2cc(NC(=O)c3cccc(Br)c3)c(C)n2)CC1. The summed E-state index contributed by atoms with van der Waals surface area (Å²) in [6.07, 6.45) is 1.32. The third kappa shape index (κ3) is 5.43. The molecule has 1 fully saturated rings. The van der Waals surface area contributed by atoms with Crippen molar-refractivity contribution in [2.24, 2.45) is 0 Å². The number of benzene rings is 1. The van der Waals surface area contributed by atoms with Gasteiger partial charge in [0.05, 0.1) is 18.0 Å². The van der Waals surface area contributed by atoms with E-state index < -0.39 is 6.04 Å². The van der Waals surface area contributed by atoms with Crippen LogP contribution in [0.3, 0.4) is 0 Å². The second-order valence-corrected chi connectivity index (χ2v) is 8.18. The first kappa shape index (κ1) is 22.8. The summed E-state index contributed by atoms with van der Waals surface area (Å²) in [6.45, 7) is 7.39. The highest BCUT2D eigenvalue weighted by molar-refractivity contribution is 9.10. The monoisotopic (exact) mass is 491 g/mol. The van der Waals surface area contributed by atoms with Crippen LogP contribution in [0.1, 0.15) is 35.9 Å². The van der Waals surface area contributed by atoms with Gasteiger partial charge in [0.25, 0.3) is 5.91 Å². The van der Waals surface area contributed by atoms with Crippen molar-refractivity contribution in [1.82, 2.24) is 19.6 Å². The summed E-state index contributed by atoms with van der Waals surface area (Å²) in [5, 5.41) is 7.27. The van der Waals surface area contributed by atoms with E-state index in [1.165, 1.54) is 0 Å². The van der Waals surface area contributed by atoms with Crippen LogP contribution in [0.15, 0.2) is 34.9 Å². The Morgan fingerprint density at radius 2 is 1.87 bits per heavy atom. The van der Waals surface area contributed by atoms with Crippen LogP contribution in [-0.2, 0) is 9.53 Å². The fourth-order valence-electron chi connectivity index (χ4n) is 3.33. The van der Waals surface area contributed by atoms with Gasteiger partial charge in [-0.15, -0.1) is 0 Å². The maximum atomic E-state index is 12.9. The highest BCUT2D eigenvalue weighted by Gasteiger charge is 2.29. The molecule has 1 aromatic carbocycles. The summed E-state index contributed by atoms with van der Waals surface area (Å²) >= 11 is 3.36. The molecule has 166 valence electrons. The second kappa shape index (κ2) is 9.95. The summed E-state index contributed by atoms with van der Waals surface area (Å²) in [6, 6.07) is 6.56. The van der Waals surface area contributed by atoms with Crippen molar-refractivity contribution in [1.29, 1.82) is 0 Å². The first-order chi connectivity index (χ1) is 14.8. The summed E-state index contributed by atoms with van der Waals surface area (Å²) in [7, 11) is 0. The topological polar surface area (TPSA) is 96.8 Å². The first-order valence-electron chi connectivity index (χ1n) is 10.1. The number of nitrogens with zero attached hydrogens (tertiary/aromatic N) is 4. The van der Waals surface area contributed by atoms with E-state index >= 15 is 0 Å². The van der Waals surface area contributed by atoms with Crippen LogP contribution >= 0.6 is 15.9 Å². The van der Waals surface area contributed by atoms with Gasteiger partial charge in [0.2, 0.25) is 5.91 Å². The van der Waals surface area contributed by atoms with Crippen LogP contribution in [0.2, 0.25) is 0 Å². The molecule has 0 spiro atoms. The number of carbonyl (C=O) groups is 3. The van der Waals surface area contributed by atoms with Crippen molar-refractivity contribution >= 4 is 39.5 Å². The lowest BCUT2D eigenvalue weighted by atomic mass is 10.2. The molecule has 2 heterocycles. The van der Waals surface area contributed by atoms with E-state index in [2.05, 4.69) is 26.3 Å². The van der Waals surface area contributed by atoms with Crippen LogP contribution in [0, 0.1) is 6.92 Å². The van der Waals surface area contributed by atoms with E-state index in [4.69, 9.17) is 4.74 Å². The largest absolute Gasteiger partial charge is 0.450 e. The molecule has 0 bridgehead atoms. The third-order valence-electron chi connectivity index (χ3n) is 5.12. The lowest BCUT2D eigenvalue weighted by Crippen LogP contribution is -2.52. The standard InChI is InChI=1S/C21H26BrN5O4/c1-4-31-21(30)26-10-8-25(9-11-26)20(29)15(3)27-13-18(14(2)24-27)23-19(28)16-6-5-7-17(22)12-16/h5-7,12-13,15H,4,8-11H2,1-3H3,(H,23,28). The molecule has 1 atom stereocenters. The van der Waals surface area contributed by atoms with Gasteiger partial charge in [0, 0.05) is 42.4 Å². The zero-order valence-electron chi connectivity index (χ0n) is 17.8. The van der Waals surface area contributed by atoms with E-state index in [-0.39, 0.29) is 17.9 Å². The zero-order chi connectivity index (χ0) is 22.5. The smallest absolute Gasteiger partial charge is 0.409 e. The van der Waals surface area contributed by atoms with Crippen molar-refractivity contribution in [3.63, 3.8) is 0 Å². The van der Waals surface area contributed by atoms with Crippen LogP contribution in [-0.4, -0.2) is 70.3 Å². The molecular weight excluding hydrogens is 466 g/mol. The predicted molar refractivity (Wildman–Crippen MR) is 119 cm³/mol. The van der Waals surface area contributed by atoms with E-state index in [1.54, 1.807) is 59.6 Å². The van der Waals surface area contributed by atoms with Gasteiger partial charge in [0.15, 0.2) is 0 Å². The van der Waals surface area contributed by atoms with Crippen LogP contribution in [0.4, 0.5) is 10.5 Å². The average Bonchev–Trinajstić information content (AvgIpc) is 3.13. The quantitative estimate of drug-likeness (QED) is 0.692. The number of carbonyl (C=O) groups excluding carboxylic acids is 3. The van der Waals surface area contributed by atoms with E-state index in [0.717, 1.165) is 4.47 Å². The lowest BCUT2D eigenvalue weighted by molar-refractivity contribution is -0.136. The Labute approximate surface area is 189 Å². The van der Waals surface area contributed by atoms with Gasteiger partial charge in [-0.2, -0.15) is 5.10 Å². The molecule has 1 saturated heterocycles. The summed E-state index contributed by atoms with van der Waals surface area (Å²) in [5.41, 5.74) is 1.69. The Balaban J connectivity index is 1.62. The molecule has 10 heteroatoms. The van der Waals surface area contributed by atoms with E-state index in [1.807, 2.05) is 6.07 Å². The van der Waals surface area contributed by atoms with E-state index in [9.17, 15) is 14.4 Å². The molecule has 9 nitrogen and oxygen atoms in total. The fraction of sp³-hybridized carbons (Fsp3) is 0.429. The Hall–Kier alpha value is -2.88. The van der Waals surface area contributed by atoms with Gasteiger partial charge >= 0.3 is 6.09 Å². The minimum absolute atomic E-state index is 0.0872. The highest BCUT2D eigenvalue weighted by atomic mass is 79.9. The number of rotatable bonds is 5. The van der Waals surface area contributed by atoms with Gasteiger partial charge in [-0.1, -0.05) is 22.0 Å². The predicted octanol–water partition coefficient (Wildman–Crippen LogP) is 3.07. The lowest BCUT2D eigenvalue weighted by Gasteiger charge is -2.35. The number of hydrogen-bond donors (Lipinski definition) is 1. The normalized spacial score (nSPS) is 14.8. The highest BCUT2D eigenvalue weighted by Crippen LogP contribution is 2.20. The molecule has 0 radical (unpaired) electrons. The molecule has 1 aliphatic rings. The van der Waals surface area contributed by atoms with Crippen molar-refractivity contribution in [2.45, 2.75) is 26.8 Å². The molecule has 3 amide bonds. The maximum Gasteiger partial charge on any atom is 0.409 e. The average molecular weight is 492 g/mol. The molecule has 2 aromatic rings. The molecule has 1 aromatic heterocycles. The molecule has 3 rings (SSSR count). The molecular formula is C21H26BrN5O4. The van der Waals surface area contributed by atoms with Crippen LogP contribution in [0.25, 0.3) is 0 Å². The van der Waals surface area contributed by atoms with Crippen molar-refractivity contribution < 1.29 is 19.1 Å². The molecule has 0 saturated carbocycles. The summed E-state index contributed by atoms with van der Waals surface area (Å²) < 4.78 is 7.39. The number of nitrogens with one attached hydrogen (secondary N) is 1. The minimum atomic E-state index is -0.538. The first-order valence-corrected chi connectivity index (χ1v) is 10.9. The minimum Gasteiger partial charge on any atom is -0.450 e. The van der Waals surface area contributed by atoms with Gasteiger partial charge in [-0.05, 0) is 39.0 Å². The van der Waals surface area contributed by atoms with Crippen molar-refractivity contribution in [2.75, 3.05) is 38.1 Å². The van der Waals surface area contributed by atoms with Crippen molar-refractivity contribution in [3.8, 4) is 0 Å². The van der Waals surface area contributed by atoms with Crippen LogP contribution in [0.5, 0.6) is 0 Å². The number of anilines is 1. The second-order valence-electron chi connectivity index (χ2n) is 7.26. The van der Waals surface area contributed by atoms with Gasteiger partial charge in [0.1, 0.15) is 6.04 Å². The number of piperazine rings is 1. The molecule has 0 aliphatic carbocycles. The fourth-order valence-corrected chi connectivity index (χ4v) is 3.73. The molecule has 31 heavy (non-hydrogen) atoms. The third-order valence-corrected chi connectivity index (χ3v) is 5.62. The summed E-state index contributed by atoms with van der Waals surface area (Å²) in [4.78, 5) is 40.6. The van der Waals surface area contributed by atoms with Crippen molar-refractivity contribution in [3.05, 3.63) is 46.2 Å². The van der Waals surface area contributed by atoms with Gasteiger partial charge in [-0.25, -0.2) is 4.79 Å². The number of ether oxygens (including phenoxy) is 1. The Bertz CT molecular complexity index is 968. The van der Waals surface area contributed by atoms with Gasteiger partial charge in [-0.3, -0.25) is 14.3 Å². The Morgan fingerprint density at radius 1 is 1.19 bits per heavy atom. The number of amides is 3. The maximum absolute atomic E-state index is 12.9. The number of aromatic nitrogens is 2. The number of halogens is 1. The number of aryl methyl sites for hydroxylation is 1. The summed E-state index contributed by atoms with van der Waals surface area (Å²) in [5.74, 6) is -0.339. The molecule has 1 unspecified atom stereocenters. The Morgan fingerprint density at radius 3 is 2.52 bits per heavy atom.